The van der Waals surface area contributed by atoms with E-state index in [9.17, 15) is 4.79 Å². The Morgan fingerprint density at radius 3 is 3.05 bits per heavy atom. The molecule has 2 rings (SSSR count). The molecule has 0 radical (unpaired) electrons. The monoisotopic (exact) mass is 255 g/mol. The van der Waals surface area contributed by atoms with Gasteiger partial charge < -0.3 is 4.79 Å². The van der Waals surface area contributed by atoms with Gasteiger partial charge in [-0.3, -0.25) is 0 Å². The molecule has 1 heterocycles. The van der Waals surface area contributed by atoms with Gasteiger partial charge in [0.05, 0.1) is 11.4 Å². The van der Waals surface area contributed by atoms with Crippen LogP contribution in [0.4, 0.5) is 0 Å². The van der Waals surface area contributed by atoms with E-state index in [1.54, 1.807) is 6.92 Å². The molecule has 0 aliphatic heterocycles. The van der Waals surface area contributed by atoms with Gasteiger partial charge in [-0.25, -0.2) is 4.68 Å². The molecular formula is C15H17N3O. The molecule has 0 amide bonds. The summed E-state index contributed by atoms with van der Waals surface area (Å²) in [6, 6.07) is 0. The van der Waals surface area contributed by atoms with Crippen LogP contribution in [0.15, 0.2) is 36.1 Å². The lowest BCUT2D eigenvalue weighted by atomic mass is 10.1. The number of carbonyl (C=O) groups is 1. The van der Waals surface area contributed by atoms with Crippen LogP contribution in [-0.4, -0.2) is 20.8 Å². The number of aryl methyl sites for hydroxylation is 2. The average molecular weight is 255 g/mol. The van der Waals surface area contributed by atoms with Gasteiger partial charge in [0.15, 0.2) is 0 Å². The first-order valence-corrected chi connectivity index (χ1v) is 6.38. The third-order valence-electron chi connectivity index (χ3n) is 2.89. The van der Waals surface area contributed by atoms with Crippen molar-refractivity contribution in [1.82, 2.24) is 15.0 Å². The third-order valence-corrected chi connectivity index (χ3v) is 2.89. The Labute approximate surface area is 112 Å². The van der Waals surface area contributed by atoms with E-state index in [2.05, 4.69) is 16.0 Å². The molecule has 1 aliphatic rings. The predicted octanol–water partition coefficient (Wildman–Crippen LogP) is 2.62. The molecule has 0 fully saturated rings. The number of ketones is 1. The van der Waals surface area contributed by atoms with E-state index in [-0.39, 0.29) is 5.78 Å². The van der Waals surface area contributed by atoms with Crippen molar-refractivity contribution in [3.8, 4) is 0 Å². The number of carbonyl (C=O) groups excluding carboxylic acids is 1. The summed E-state index contributed by atoms with van der Waals surface area (Å²) in [4.78, 5) is 11.0. The minimum Gasteiger partial charge on any atom is -0.300 e. The van der Waals surface area contributed by atoms with Crippen LogP contribution >= 0.6 is 0 Å². The maximum absolute atomic E-state index is 11.0. The van der Waals surface area contributed by atoms with E-state index in [1.807, 2.05) is 42.0 Å². The molecule has 19 heavy (non-hydrogen) atoms. The Hall–Kier alpha value is -2.19. The van der Waals surface area contributed by atoms with Crippen molar-refractivity contribution < 1.29 is 4.79 Å². The maximum atomic E-state index is 11.0. The summed E-state index contributed by atoms with van der Waals surface area (Å²) >= 11 is 0. The van der Waals surface area contributed by atoms with Gasteiger partial charge in [0.25, 0.3) is 0 Å². The lowest BCUT2D eigenvalue weighted by molar-refractivity contribution is -0.117. The normalized spacial score (nSPS) is 13.5. The molecule has 0 saturated heterocycles. The summed E-state index contributed by atoms with van der Waals surface area (Å²) in [5.74, 6) is 0.206. The van der Waals surface area contributed by atoms with Crippen LogP contribution in [0.5, 0.6) is 0 Å². The number of hydrogen-bond acceptors (Lipinski definition) is 3. The van der Waals surface area contributed by atoms with Crippen LogP contribution in [0.25, 0.3) is 5.57 Å². The number of nitrogens with zero attached hydrogens (tertiary/aromatic N) is 3. The van der Waals surface area contributed by atoms with Crippen molar-refractivity contribution in [2.45, 2.75) is 33.2 Å². The summed E-state index contributed by atoms with van der Waals surface area (Å²) in [5, 5.41) is 8.28. The minimum atomic E-state index is 0.206. The molecule has 1 aliphatic carbocycles. The van der Waals surface area contributed by atoms with Gasteiger partial charge in [-0.15, -0.1) is 10.8 Å². The van der Waals surface area contributed by atoms with Crippen molar-refractivity contribution in [2.75, 3.05) is 0 Å². The number of rotatable bonds is 5. The van der Waals surface area contributed by atoms with Gasteiger partial charge in [0.2, 0.25) is 0 Å². The van der Waals surface area contributed by atoms with Crippen molar-refractivity contribution >= 4 is 11.4 Å². The fraction of sp³-hybridized carbons (Fsp3) is 0.333. The number of aromatic nitrogens is 3. The smallest absolute Gasteiger partial charge is 0.129 e. The molecule has 0 saturated carbocycles. The van der Waals surface area contributed by atoms with Crippen LogP contribution in [-0.2, 0) is 11.3 Å². The molecule has 98 valence electrons. The van der Waals surface area contributed by atoms with Crippen LogP contribution in [0.3, 0.4) is 0 Å². The highest BCUT2D eigenvalue weighted by Crippen LogP contribution is 2.19. The van der Waals surface area contributed by atoms with Crippen LogP contribution in [0.2, 0.25) is 0 Å². The fourth-order valence-electron chi connectivity index (χ4n) is 2.00. The Kier molecular flexibility index (Phi) is 4.26. The molecular weight excluding hydrogens is 238 g/mol. The fourth-order valence-corrected chi connectivity index (χ4v) is 2.00. The van der Waals surface area contributed by atoms with Crippen molar-refractivity contribution in [3.05, 3.63) is 47.5 Å². The zero-order valence-corrected chi connectivity index (χ0v) is 11.3. The highest BCUT2D eigenvalue weighted by molar-refractivity contribution is 5.75. The highest BCUT2D eigenvalue weighted by atomic mass is 16.1. The van der Waals surface area contributed by atoms with E-state index in [1.165, 1.54) is 0 Å². The van der Waals surface area contributed by atoms with Crippen LogP contribution in [0, 0.1) is 6.92 Å². The number of allylic oxidation sites excluding steroid dienone is 5. The van der Waals surface area contributed by atoms with E-state index in [4.69, 9.17) is 0 Å². The predicted molar refractivity (Wildman–Crippen MR) is 74.4 cm³/mol. The summed E-state index contributed by atoms with van der Waals surface area (Å²) in [6.45, 7) is 4.25. The Morgan fingerprint density at radius 2 is 2.26 bits per heavy atom. The largest absolute Gasteiger partial charge is 0.300 e. The van der Waals surface area contributed by atoms with E-state index in [0.717, 1.165) is 23.4 Å². The highest BCUT2D eigenvalue weighted by Gasteiger charge is 2.12. The zero-order chi connectivity index (χ0) is 13.7. The van der Waals surface area contributed by atoms with Gasteiger partial charge in [0.1, 0.15) is 5.78 Å². The van der Waals surface area contributed by atoms with Crippen molar-refractivity contribution in [1.29, 1.82) is 0 Å². The summed E-state index contributed by atoms with van der Waals surface area (Å²) in [7, 11) is 0. The lowest BCUT2D eigenvalue weighted by Crippen LogP contribution is -2.06. The van der Waals surface area contributed by atoms with Gasteiger partial charge in [-0.05, 0) is 32.4 Å². The number of Topliss-reactive ketones (excluding diaryl/α,β-unsaturated/α-hetero) is 1. The molecule has 0 N–H and O–H groups in total. The molecule has 1 aromatic rings. The minimum absolute atomic E-state index is 0.206. The first kappa shape index (κ1) is 13.2. The summed E-state index contributed by atoms with van der Waals surface area (Å²) in [6.07, 6.45) is 11.1. The Balaban J connectivity index is 2.22. The van der Waals surface area contributed by atoms with Crippen LogP contribution < -0.4 is 0 Å². The second-order valence-corrected chi connectivity index (χ2v) is 4.54. The number of hydrogen-bond donors (Lipinski definition) is 0. The van der Waals surface area contributed by atoms with Gasteiger partial charge >= 0.3 is 0 Å². The maximum Gasteiger partial charge on any atom is 0.129 e. The molecule has 0 unspecified atom stereocenters. The molecule has 0 bridgehead atoms. The van der Waals surface area contributed by atoms with Gasteiger partial charge in [0, 0.05) is 18.5 Å². The summed E-state index contributed by atoms with van der Waals surface area (Å²) < 4.78 is 1.86. The Bertz CT molecular complexity index is 599. The summed E-state index contributed by atoms with van der Waals surface area (Å²) in [5.41, 5.74) is 6.01. The van der Waals surface area contributed by atoms with Crippen molar-refractivity contribution in [2.24, 2.45) is 0 Å². The second-order valence-electron chi connectivity index (χ2n) is 4.54. The third kappa shape index (κ3) is 3.39. The van der Waals surface area contributed by atoms with Crippen molar-refractivity contribution in [3.63, 3.8) is 0 Å². The molecule has 4 nitrogen and oxygen atoms in total. The molecule has 0 aromatic carbocycles. The second kappa shape index (κ2) is 6.12. The average Bonchev–Trinajstić information content (AvgIpc) is 2.60. The molecule has 4 heteroatoms. The quantitative estimate of drug-likeness (QED) is 0.760. The Morgan fingerprint density at radius 1 is 1.42 bits per heavy atom. The lowest BCUT2D eigenvalue weighted by Gasteiger charge is -2.06. The molecule has 0 spiro atoms. The SMILES string of the molecule is CC(=O)CCCn1nnc(C)c1C1=CC=CC=C=C1. The zero-order valence-electron chi connectivity index (χ0n) is 11.3. The molecule has 0 atom stereocenters. The van der Waals surface area contributed by atoms with Crippen LogP contribution in [0.1, 0.15) is 31.2 Å². The molecule has 1 aromatic heterocycles. The first-order valence-electron chi connectivity index (χ1n) is 6.38. The topological polar surface area (TPSA) is 47.8 Å². The van der Waals surface area contributed by atoms with E-state index < -0.39 is 0 Å². The van der Waals surface area contributed by atoms with Gasteiger partial charge in [-0.1, -0.05) is 23.4 Å². The van der Waals surface area contributed by atoms with Gasteiger partial charge in [-0.2, -0.15) is 0 Å². The van der Waals surface area contributed by atoms with E-state index >= 15 is 0 Å². The first-order chi connectivity index (χ1) is 9.18. The van der Waals surface area contributed by atoms with E-state index in [0.29, 0.717) is 13.0 Å². The standard InChI is InChI=1S/C15H17N3O/c1-12(19)8-7-11-18-15(13(2)16-17-18)14-9-5-3-4-6-10-14/h3-5,9-10H,7-8,11H2,1-2H3.